The van der Waals surface area contributed by atoms with Crippen LogP contribution in [0.4, 0.5) is 0 Å². The van der Waals surface area contributed by atoms with Gasteiger partial charge >= 0.3 is 0 Å². The smallest absolute Gasteiger partial charge is 0.107 e. The Hall–Kier alpha value is 0.0249. The largest absolute Gasteiger partial charge is 0.307 e. The van der Waals surface area contributed by atoms with E-state index in [-0.39, 0.29) is 0 Å². The van der Waals surface area contributed by atoms with Crippen LogP contribution in [0.3, 0.4) is 0 Å². The molecule has 0 aromatic carbocycles. The summed E-state index contributed by atoms with van der Waals surface area (Å²) in [5.74, 6) is 0.856. The molecular formula is C7H18BN. The van der Waals surface area contributed by atoms with Gasteiger partial charge in [0.25, 0.3) is 0 Å². The van der Waals surface area contributed by atoms with Crippen molar-refractivity contribution in [2.45, 2.75) is 26.1 Å². The highest BCUT2D eigenvalue weighted by Crippen LogP contribution is 2.04. The average Bonchev–Trinajstić information content (AvgIpc) is 1.87. The van der Waals surface area contributed by atoms with Crippen molar-refractivity contribution < 1.29 is 0 Å². The van der Waals surface area contributed by atoms with E-state index in [2.05, 4.69) is 33.6 Å². The third kappa shape index (κ3) is 4.52. The van der Waals surface area contributed by atoms with Crippen molar-refractivity contribution in [1.29, 1.82) is 0 Å². The maximum Gasteiger partial charge on any atom is 0.107 e. The molecule has 0 aliphatic rings. The summed E-state index contributed by atoms with van der Waals surface area (Å²) in [5, 5.41) is 0. The van der Waals surface area contributed by atoms with Crippen molar-refractivity contribution >= 4 is 7.85 Å². The van der Waals surface area contributed by atoms with E-state index in [0.717, 1.165) is 5.82 Å². The van der Waals surface area contributed by atoms with Gasteiger partial charge in [0.05, 0.1) is 0 Å². The summed E-state index contributed by atoms with van der Waals surface area (Å²) in [6, 6.07) is 0. The van der Waals surface area contributed by atoms with Crippen molar-refractivity contribution in [3.05, 3.63) is 0 Å². The second-order valence-electron chi connectivity index (χ2n) is 2.87. The van der Waals surface area contributed by atoms with Crippen LogP contribution in [0.15, 0.2) is 0 Å². The Kier molecular flexibility index (Phi) is 4.88. The molecular weight excluding hydrogens is 109 g/mol. The molecule has 0 aromatic heterocycles. The fourth-order valence-electron chi connectivity index (χ4n) is 0.790. The predicted octanol–water partition coefficient (Wildman–Crippen LogP) is 0.770. The van der Waals surface area contributed by atoms with E-state index in [1.165, 1.54) is 19.5 Å². The lowest BCUT2D eigenvalue weighted by molar-refractivity contribution is 0.346. The molecule has 1 unspecified atom stereocenters. The quantitative estimate of drug-likeness (QED) is 0.504. The molecule has 1 atom stereocenters. The minimum Gasteiger partial charge on any atom is -0.307 e. The average molecular weight is 127 g/mol. The predicted molar refractivity (Wildman–Crippen MR) is 45.8 cm³/mol. The lowest BCUT2D eigenvalue weighted by Crippen LogP contribution is -2.22. The molecule has 0 N–H and O–H groups in total. The first-order valence-corrected chi connectivity index (χ1v) is 3.89. The Labute approximate surface area is 59.8 Å². The molecule has 0 heterocycles. The molecule has 0 amide bonds. The highest BCUT2D eigenvalue weighted by atomic mass is 15.1. The van der Waals surface area contributed by atoms with Gasteiger partial charge in [-0.15, -0.1) is 0 Å². The van der Waals surface area contributed by atoms with Crippen LogP contribution in [0, 0.1) is 0 Å². The number of hydrogen-bond acceptors (Lipinski definition) is 1. The Morgan fingerprint density at radius 3 is 2.33 bits per heavy atom. The molecule has 0 rings (SSSR count). The van der Waals surface area contributed by atoms with Crippen molar-refractivity contribution in [2.75, 3.05) is 20.1 Å². The van der Waals surface area contributed by atoms with Gasteiger partial charge in [-0.1, -0.05) is 26.1 Å². The van der Waals surface area contributed by atoms with Crippen LogP contribution < -0.4 is 0 Å². The third-order valence-corrected chi connectivity index (χ3v) is 1.86. The van der Waals surface area contributed by atoms with Gasteiger partial charge in [-0.25, -0.2) is 0 Å². The Bertz CT molecular complexity index is 57.9. The zero-order chi connectivity index (χ0) is 7.28. The molecule has 0 aliphatic heterocycles. The maximum atomic E-state index is 2.36. The van der Waals surface area contributed by atoms with Crippen LogP contribution in [-0.4, -0.2) is 32.9 Å². The molecule has 9 heavy (non-hydrogen) atoms. The summed E-state index contributed by atoms with van der Waals surface area (Å²) in [7, 11) is 4.47. The molecule has 54 valence electrons. The number of rotatable bonds is 4. The summed E-state index contributed by atoms with van der Waals surface area (Å²) in [4.78, 5) is 2.36. The van der Waals surface area contributed by atoms with Crippen LogP contribution in [0.2, 0.25) is 5.82 Å². The summed E-state index contributed by atoms with van der Waals surface area (Å²) >= 11 is 0. The number of hydrogen-bond donors (Lipinski definition) is 0. The molecule has 0 radical (unpaired) electrons. The second kappa shape index (κ2) is 4.86. The molecule has 1 nitrogen and oxygen atoms in total. The fraction of sp³-hybridized carbons (Fsp3) is 1.00. The Morgan fingerprint density at radius 2 is 2.00 bits per heavy atom. The molecule has 0 spiro atoms. The lowest BCUT2D eigenvalue weighted by atomic mass is 9.85. The highest BCUT2D eigenvalue weighted by Gasteiger charge is 2.00. The van der Waals surface area contributed by atoms with E-state index in [9.17, 15) is 0 Å². The molecule has 0 bridgehead atoms. The zero-order valence-electron chi connectivity index (χ0n) is 7.15. The first-order chi connectivity index (χ1) is 4.20. The van der Waals surface area contributed by atoms with Crippen LogP contribution in [-0.2, 0) is 0 Å². The third-order valence-electron chi connectivity index (χ3n) is 1.86. The molecule has 0 fully saturated rings. The van der Waals surface area contributed by atoms with Gasteiger partial charge < -0.3 is 4.90 Å². The minimum absolute atomic E-state index is 0.856. The van der Waals surface area contributed by atoms with E-state index in [1.807, 2.05) is 0 Å². The van der Waals surface area contributed by atoms with Gasteiger partial charge in [0, 0.05) is 0 Å². The summed E-state index contributed by atoms with van der Waals surface area (Å²) < 4.78 is 0. The first-order valence-electron chi connectivity index (χ1n) is 3.89. The summed E-state index contributed by atoms with van der Waals surface area (Å²) in [6.07, 6.45) is 1.30. The van der Waals surface area contributed by atoms with E-state index >= 15 is 0 Å². The Morgan fingerprint density at radius 1 is 1.44 bits per heavy atom. The van der Waals surface area contributed by atoms with E-state index in [1.54, 1.807) is 0 Å². The molecule has 0 saturated carbocycles. The van der Waals surface area contributed by atoms with Crippen molar-refractivity contribution in [1.82, 2.24) is 4.90 Å². The molecule has 2 heteroatoms. The summed E-state index contributed by atoms with van der Waals surface area (Å²) in [5.41, 5.74) is 0. The molecule has 0 saturated heterocycles. The normalized spacial score (nSPS) is 14.2. The van der Waals surface area contributed by atoms with Gasteiger partial charge in [-0.3, -0.25) is 0 Å². The monoisotopic (exact) mass is 127 g/mol. The fourth-order valence-corrected chi connectivity index (χ4v) is 0.790. The number of nitrogens with zero attached hydrogens (tertiary/aromatic N) is 1. The van der Waals surface area contributed by atoms with Crippen molar-refractivity contribution in [2.24, 2.45) is 0 Å². The first kappa shape index (κ1) is 9.02. The van der Waals surface area contributed by atoms with Gasteiger partial charge in [0.2, 0.25) is 0 Å². The standard InChI is InChI=1S/C7H18BN/c1-4-7(8)6-9(3)5-2/h7H,4-6,8H2,1-3H3. The van der Waals surface area contributed by atoms with Crippen molar-refractivity contribution in [3.8, 4) is 0 Å². The van der Waals surface area contributed by atoms with Gasteiger partial charge in [0.15, 0.2) is 0 Å². The summed E-state index contributed by atoms with van der Waals surface area (Å²) in [6.45, 7) is 6.86. The van der Waals surface area contributed by atoms with Crippen LogP contribution in [0.25, 0.3) is 0 Å². The minimum atomic E-state index is 0.856. The van der Waals surface area contributed by atoms with Gasteiger partial charge in [-0.05, 0) is 20.1 Å². The van der Waals surface area contributed by atoms with E-state index < -0.39 is 0 Å². The SMILES string of the molecule is BC(CC)CN(C)CC. The zero-order valence-corrected chi connectivity index (χ0v) is 7.15. The topological polar surface area (TPSA) is 3.24 Å². The van der Waals surface area contributed by atoms with Crippen LogP contribution in [0.1, 0.15) is 20.3 Å². The lowest BCUT2D eigenvalue weighted by Gasteiger charge is -2.17. The molecule has 0 aliphatic carbocycles. The van der Waals surface area contributed by atoms with Crippen molar-refractivity contribution in [3.63, 3.8) is 0 Å². The van der Waals surface area contributed by atoms with E-state index in [0.29, 0.717) is 0 Å². The molecule has 0 aromatic rings. The van der Waals surface area contributed by atoms with Gasteiger partial charge in [0.1, 0.15) is 7.85 Å². The maximum absolute atomic E-state index is 2.36. The highest BCUT2D eigenvalue weighted by molar-refractivity contribution is 6.11. The van der Waals surface area contributed by atoms with Crippen LogP contribution >= 0.6 is 0 Å². The second-order valence-corrected chi connectivity index (χ2v) is 2.87. The van der Waals surface area contributed by atoms with Gasteiger partial charge in [-0.2, -0.15) is 0 Å². The van der Waals surface area contributed by atoms with E-state index in [4.69, 9.17) is 0 Å². The Balaban J connectivity index is 3.22. The van der Waals surface area contributed by atoms with Crippen LogP contribution in [0.5, 0.6) is 0 Å².